The van der Waals surface area contributed by atoms with Crippen molar-refractivity contribution < 1.29 is 19.8 Å². The molecule has 0 aromatic carbocycles. The largest absolute Gasteiger partial charge is 0.476 e. The molecule has 2 fully saturated rings. The van der Waals surface area contributed by atoms with E-state index in [1.807, 2.05) is 0 Å². The molecule has 0 radical (unpaired) electrons. The first-order valence-corrected chi connectivity index (χ1v) is 7.88. The Labute approximate surface area is 138 Å². The van der Waals surface area contributed by atoms with E-state index in [9.17, 15) is 19.8 Å². The highest BCUT2D eigenvalue weighted by molar-refractivity contribution is 5.96. The Kier molecular flexibility index (Phi) is 4.76. The maximum Gasteiger partial charge on any atom is 0.358 e. The molecule has 1 aromatic heterocycles. The van der Waals surface area contributed by atoms with Crippen LogP contribution >= 0.6 is 0 Å². The van der Waals surface area contributed by atoms with Crippen molar-refractivity contribution in [2.45, 2.75) is 0 Å². The van der Waals surface area contributed by atoms with Gasteiger partial charge in [-0.1, -0.05) is 0 Å². The molecule has 0 bridgehead atoms. The smallest absolute Gasteiger partial charge is 0.358 e. The van der Waals surface area contributed by atoms with Crippen LogP contribution in [0.15, 0.2) is 0 Å². The average molecular weight is 336 g/mol. The summed E-state index contributed by atoms with van der Waals surface area (Å²) in [6.07, 6.45) is 0. The molecule has 24 heavy (non-hydrogen) atoms. The van der Waals surface area contributed by atoms with Gasteiger partial charge in [-0.15, -0.1) is 0 Å². The van der Waals surface area contributed by atoms with Crippen LogP contribution in [-0.2, 0) is 0 Å². The summed E-state index contributed by atoms with van der Waals surface area (Å²) in [7, 11) is 0. The fourth-order valence-electron chi connectivity index (χ4n) is 2.90. The first kappa shape index (κ1) is 16.4. The number of nitrogens with one attached hydrogen (secondary N) is 2. The number of nitrogens with zero attached hydrogens (tertiary/aromatic N) is 4. The van der Waals surface area contributed by atoms with Crippen molar-refractivity contribution in [3.8, 4) is 0 Å². The lowest BCUT2D eigenvalue weighted by Crippen LogP contribution is -2.46. The van der Waals surface area contributed by atoms with Crippen LogP contribution in [0.4, 0.5) is 11.6 Å². The predicted molar refractivity (Wildman–Crippen MR) is 86.1 cm³/mol. The minimum absolute atomic E-state index is 0.125. The monoisotopic (exact) mass is 336 g/mol. The van der Waals surface area contributed by atoms with Gasteiger partial charge < -0.3 is 30.6 Å². The minimum Gasteiger partial charge on any atom is -0.476 e. The lowest BCUT2D eigenvalue weighted by molar-refractivity contribution is 0.0672. The number of carboxylic acid groups (broad SMARTS) is 2. The van der Waals surface area contributed by atoms with E-state index < -0.39 is 11.9 Å². The van der Waals surface area contributed by atoms with Gasteiger partial charge in [0.25, 0.3) is 0 Å². The van der Waals surface area contributed by atoms with E-state index >= 15 is 0 Å². The van der Waals surface area contributed by atoms with Crippen LogP contribution in [0.25, 0.3) is 0 Å². The Morgan fingerprint density at radius 1 is 0.750 bits per heavy atom. The summed E-state index contributed by atoms with van der Waals surface area (Å²) in [4.78, 5) is 35.2. The quantitative estimate of drug-likeness (QED) is 0.526. The lowest BCUT2D eigenvalue weighted by Gasteiger charge is -2.32. The Bertz CT molecular complexity index is 585. The van der Waals surface area contributed by atoms with E-state index in [1.165, 1.54) is 0 Å². The van der Waals surface area contributed by atoms with E-state index in [0.717, 1.165) is 0 Å². The highest BCUT2D eigenvalue weighted by atomic mass is 16.4. The fraction of sp³-hybridized carbons (Fsp3) is 0.571. The molecule has 1 aromatic rings. The molecule has 10 nitrogen and oxygen atoms in total. The topological polar surface area (TPSA) is 131 Å². The van der Waals surface area contributed by atoms with Crippen molar-refractivity contribution in [2.75, 3.05) is 62.2 Å². The van der Waals surface area contributed by atoms with E-state index in [2.05, 4.69) is 20.6 Å². The summed E-state index contributed by atoms with van der Waals surface area (Å²) in [6, 6.07) is 0. The Morgan fingerprint density at radius 2 is 1.08 bits per heavy atom. The van der Waals surface area contributed by atoms with Crippen molar-refractivity contribution in [3.05, 3.63) is 11.4 Å². The molecule has 130 valence electrons. The van der Waals surface area contributed by atoms with Crippen LogP contribution < -0.4 is 20.4 Å². The van der Waals surface area contributed by atoms with Crippen LogP contribution in [0.5, 0.6) is 0 Å². The summed E-state index contributed by atoms with van der Waals surface area (Å²) in [5.41, 5.74) is -0.397. The van der Waals surface area contributed by atoms with Crippen molar-refractivity contribution in [2.24, 2.45) is 0 Å². The molecule has 0 atom stereocenters. The molecule has 3 heterocycles. The number of hydrogen-bond donors (Lipinski definition) is 4. The summed E-state index contributed by atoms with van der Waals surface area (Å²) in [5, 5.41) is 25.4. The predicted octanol–water partition coefficient (Wildman–Crippen LogP) is -1.31. The molecule has 2 aliphatic rings. The third-order valence-corrected chi connectivity index (χ3v) is 4.10. The van der Waals surface area contributed by atoms with Gasteiger partial charge in [-0.25, -0.2) is 19.6 Å². The van der Waals surface area contributed by atoms with Crippen LogP contribution in [0.2, 0.25) is 0 Å². The van der Waals surface area contributed by atoms with Gasteiger partial charge in [-0.2, -0.15) is 0 Å². The van der Waals surface area contributed by atoms with E-state index in [0.29, 0.717) is 52.4 Å². The van der Waals surface area contributed by atoms with Gasteiger partial charge in [0.05, 0.1) is 0 Å². The molecule has 0 aliphatic carbocycles. The molecule has 4 N–H and O–H groups in total. The third kappa shape index (κ3) is 3.24. The van der Waals surface area contributed by atoms with Crippen molar-refractivity contribution in [3.63, 3.8) is 0 Å². The van der Waals surface area contributed by atoms with Gasteiger partial charge >= 0.3 is 11.9 Å². The zero-order valence-electron chi connectivity index (χ0n) is 13.2. The van der Waals surface area contributed by atoms with Gasteiger partial charge in [0.2, 0.25) is 0 Å². The van der Waals surface area contributed by atoms with E-state index in [1.54, 1.807) is 9.80 Å². The molecule has 2 aliphatic heterocycles. The molecule has 0 unspecified atom stereocenters. The second-order valence-electron chi connectivity index (χ2n) is 5.65. The number of piperazine rings is 2. The molecule has 0 amide bonds. The van der Waals surface area contributed by atoms with Crippen molar-refractivity contribution in [1.82, 2.24) is 20.6 Å². The molecule has 0 saturated carbocycles. The molecule has 10 heteroatoms. The molecular formula is C14H20N6O4. The van der Waals surface area contributed by atoms with Gasteiger partial charge in [-0.3, -0.25) is 0 Å². The number of anilines is 2. The number of hydrogen-bond acceptors (Lipinski definition) is 8. The summed E-state index contributed by atoms with van der Waals surface area (Å²) in [6.45, 7) is 4.96. The average Bonchev–Trinajstić information content (AvgIpc) is 2.62. The van der Waals surface area contributed by atoms with E-state index in [4.69, 9.17) is 0 Å². The van der Waals surface area contributed by atoms with Gasteiger partial charge in [0.15, 0.2) is 23.0 Å². The Balaban J connectivity index is 2.07. The van der Waals surface area contributed by atoms with Crippen molar-refractivity contribution >= 4 is 23.6 Å². The number of rotatable bonds is 4. The standard InChI is InChI=1S/C14H20N6O4/c21-13(22)9-11(19-5-1-15-2-6-19)17-10(14(23)24)12(18-9)20-7-3-16-4-8-20/h15-16H,1-8H2,(H,21,22)(H,23,24). The SMILES string of the molecule is O=C(O)c1nc(N2CCNCC2)c(C(=O)O)nc1N1CCNCC1. The molecule has 3 rings (SSSR count). The zero-order chi connectivity index (χ0) is 17.1. The highest BCUT2D eigenvalue weighted by Gasteiger charge is 2.29. The normalized spacial score (nSPS) is 18.5. The molecular weight excluding hydrogens is 316 g/mol. The molecule has 2 saturated heterocycles. The second-order valence-corrected chi connectivity index (χ2v) is 5.65. The first-order valence-electron chi connectivity index (χ1n) is 7.88. The van der Waals surface area contributed by atoms with Crippen LogP contribution in [0.1, 0.15) is 21.0 Å². The Hall–Kier alpha value is -2.46. The summed E-state index contributed by atoms with van der Waals surface area (Å²) in [5.74, 6) is -2.16. The number of aromatic nitrogens is 2. The van der Waals surface area contributed by atoms with Gasteiger partial charge in [0.1, 0.15) is 0 Å². The van der Waals surface area contributed by atoms with Crippen LogP contribution in [0, 0.1) is 0 Å². The first-order chi connectivity index (χ1) is 11.6. The second kappa shape index (κ2) is 6.97. The molecule has 0 spiro atoms. The number of carbonyl (C=O) groups is 2. The maximum absolute atomic E-state index is 11.7. The van der Waals surface area contributed by atoms with Crippen LogP contribution in [0.3, 0.4) is 0 Å². The van der Waals surface area contributed by atoms with Gasteiger partial charge in [0, 0.05) is 52.4 Å². The van der Waals surface area contributed by atoms with Gasteiger partial charge in [-0.05, 0) is 0 Å². The Morgan fingerprint density at radius 3 is 1.38 bits per heavy atom. The number of aromatic carboxylic acids is 2. The van der Waals surface area contributed by atoms with Crippen molar-refractivity contribution in [1.29, 1.82) is 0 Å². The van der Waals surface area contributed by atoms with E-state index in [-0.39, 0.29) is 23.0 Å². The zero-order valence-corrected chi connectivity index (χ0v) is 13.2. The summed E-state index contributed by atoms with van der Waals surface area (Å²) < 4.78 is 0. The summed E-state index contributed by atoms with van der Waals surface area (Å²) >= 11 is 0. The number of carboxylic acids is 2. The highest BCUT2D eigenvalue weighted by Crippen LogP contribution is 2.25. The lowest BCUT2D eigenvalue weighted by atomic mass is 10.2. The third-order valence-electron chi connectivity index (χ3n) is 4.10. The maximum atomic E-state index is 11.7. The fourth-order valence-corrected chi connectivity index (χ4v) is 2.90. The minimum atomic E-state index is -1.20. The van der Waals surface area contributed by atoms with Crippen LogP contribution in [-0.4, -0.2) is 84.5 Å².